The van der Waals surface area contributed by atoms with Gasteiger partial charge in [0.1, 0.15) is 0 Å². The lowest BCUT2D eigenvalue weighted by atomic mass is 9.91. The Balaban J connectivity index is 2.52. The van der Waals surface area contributed by atoms with Crippen molar-refractivity contribution in [1.29, 1.82) is 0 Å². The molecule has 90 valence electrons. The van der Waals surface area contributed by atoms with E-state index in [-0.39, 0.29) is 16.1 Å². The molecule has 0 aromatic carbocycles. The number of nitrogens with one attached hydrogen (secondary N) is 1. The van der Waals surface area contributed by atoms with E-state index >= 15 is 0 Å². The maximum Gasteiger partial charge on any atom is 0.233 e. The first kappa shape index (κ1) is 13.7. The molecule has 0 aliphatic heterocycles. The first-order valence-corrected chi connectivity index (χ1v) is 7.22. The highest BCUT2D eigenvalue weighted by Crippen LogP contribution is 2.26. The van der Waals surface area contributed by atoms with Crippen molar-refractivity contribution in [3.63, 3.8) is 0 Å². The number of alkyl halides is 1. The quantitative estimate of drug-likeness (QED) is 0.831. The minimum atomic E-state index is -0.0772. The van der Waals surface area contributed by atoms with Crippen LogP contribution in [0.1, 0.15) is 32.1 Å². The summed E-state index contributed by atoms with van der Waals surface area (Å²) >= 11 is 5.08. The third kappa shape index (κ3) is 3.59. The van der Waals surface area contributed by atoms with Gasteiger partial charge in [0.05, 0.1) is 4.83 Å². The molecule has 1 unspecified atom stereocenters. The lowest BCUT2D eigenvalue weighted by Gasteiger charge is -2.24. The number of carbonyl (C=O) groups is 1. The molecule has 1 rings (SSSR count). The summed E-state index contributed by atoms with van der Waals surface area (Å²) in [6.07, 6.45) is 0.811. The zero-order valence-corrected chi connectivity index (χ0v) is 12.3. The number of carbonyl (C=O) groups excluding carboxylic acids is 1. The van der Waals surface area contributed by atoms with Gasteiger partial charge in [-0.05, 0) is 17.9 Å². The first-order valence-electron chi connectivity index (χ1n) is 5.43. The third-order valence-corrected chi connectivity index (χ3v) is 4.83. The number of halogens is 1. The van der Waals surface area contributed by atoms with Crippen molar-refractivity contribution < 1.29 is 4.79 Å². The molecular formula is C12H18BrNOS. The van der Waals surface area contributed by atoms with Gasteiger partial charge in [-0.25, -0.2) is 0 Å². The second-order valence-corrected chi connectivity index (χ2v) is 6.51. The predicted octanol–water partition coefficient (Wildman–Crippen LogP) is 3.32. The minimum absolute atomic E-state index is 0.00425. The molecule has 0 fully saturated rings. The van der Waals surface area contributed by atoms with Gasteiger partial charge >= 0.3 is 0 Å². The number of rotatable bonds is 5. The van der Waals surface area contributed by atoms with E-state index in [0.29, 0.717) is 6.54 Å². The molecule has 4 heteroatoms. The molecule has 1 amide bonds. The fourth-order valence-electron chi connectivity index (χ4n) is 1.36. The third-order valence-electron chi connectivity index (χ3n) is 2.54. The molecular weight excluding hydrogens is 286 g/mol. The Kier molecular flexibility index (Phi) is 4.99. The second-order valence-electron chi connectivity index (χ2n) is 4.45. The Morgan fingerprint density at radius 3 is 2.81 bits per heavy atom. The number of hydrogen-bond donors (Lipinski definition) is 1. The van der Waals surface area contributed by atoms with Gasteiger partial charge in [0, 0.05) is 16.8 Å². The van der Waals surface area contributed by atoms with E-state index in [1.165, 1.54) is 4.88 Å². The van der Waals surface area contributed by atoms with E-state index in [1.54, 1.807) is 11.3 Å². The van der Waals surface area contributed by atoms with E-state index in [0.717, 1.165) is 6.42 Å². The van der Waals surface area contributed by atoms with Gasteiger partial charge in [0.2, 0.25) is 5.91 Å². The Hall–Kier alpha value is -0.350. The predicted molar refractivity (Wildman–Crippen MR) is 73.4 cm³/mol. The van der Waals surface area contributed by atoms with Gasteiger partial charge in [-0.3, -0.25) is 4.79 Å². The smallest absolute Gasteiger partial charge is 0.233 e. The van der Waals surface area contributed by atoms with E-state index in [4.69, 9.17) is 0 Å². The van der Waals surface area contributed by atoms with E-state index < -0.39 is 0 Å². The van der Waals surface area contributed by atoms with Crippen LogP contribution in [0.15, 0.2) is 17.5 Å². The minimum Gasteiger partial charge on any atom is -0.354 e. The van der Waals surface area contributed by atoms with Gasteiger partial charge in [-0.1, -0.05) is 42.8 Å². The van der Waals surface area contributed by atoms with Crippen molar-refractivity contribution in [3.8, 4) is 0 Å². The summed E-state index contributed by atoms with van der Waals surface area (Å²) in [6.45, 7) is 6.96. The molecule has 0 saturated carbocycles. The van der Waals surface area contributed by atoms with Gasteiger partial charge in [-0.15, -0.1) is 11.3 Å². The van der Waals surface area contributed by atoms with Crippen LogP contribution in [0, 0.1) is 0 Å². The van der Waals surface area contributed by atoms with E-state index in [9.17, 15) is 4.79 Å². The van der Waals surface area contributed by atoms with Crippen molar-refractivity contribution >= 4 is 33.2 Å². The monoisotopic (exact) mass is 303 g/mol. The van der Waals surface area contributed by atoms with Gasteiger partial charge in [0.25, 0.3) is 0 Å². The van der Waals surface area contributed by atoms with Crippen molar-refractivity contribution in [3.05, 3.63) is 22.4 Å². The van der Waals surface area contributed by atoms with Crippen molar-refractivity contribution in [2.24, 2.45) is 0 Å². The van der Waals surface area contributed by atoms with Crippen molar-refractivity contribution in [2.45, 2.75) is 37.4 Å². The lowest BCUT2D eigenvalue weighted by molar-refractivity contribution is -0.120. The zero-order chi connectivity index (χ0) is 12.2. The summed E-state index contributed by atoms with van der Waals surface area (Å²) in [4.78, 5) is 12.9. The molecule has 16 heavy (non-hydrogen) atoms. The number of hydrogen-bond acceptors (Lipinski definition) is 2. The summed E-state index contributed by atoms with van der Waals surface area (Å²) in [6, 6.07) is 4.16. The van der Waals surface area contributed by atoms with Crippen molar-refractivity contribution in [2.75, 3.05) is 6.54 Å². The van der Waals surface area contributed by atoms with Gasteiger partial charge in [0.15, 0.2) is 0 Å². The molecule has 0 saturated heterocycles. The average Bonchev–Trinajstić information content (AvgIpc) is 2.78. The largest absolute Gasteiger partial charge is 0.354 e. The molecule has 1 heterocycles. The highest BCUT2D eigenvalue weighted by Gasteiger charge is 2.23. The highest BCUT2D eigenvalue weighted by atomic mass is 79.9. The number of amides is 1. The molecule has 1 aromatic rings. The van der Waals surface area contributed by atoms with Crippen LogP contribution in [0.4, 0.5) is 0 Å². The number of thiophene rings is 1. The Morgan fingerprint density at radius 1 is 1.62 bits per heavy atom. The van der Waals surface area contributed by atoms with Crippen molar-refractivity contribution in [1.82, 2.24) is 5.32 Å². The van der Waals surface area contributed by atoms with Crippen LogP contribution in [-0.2, 0) is 10.2 Å². The van der Waals surface area contributed by atoms with Crippen LogP contribution in [0.5, 0.6) is 0 Å². The maximum absolute atomic E-state index is 11.6. The topological polar surface area (TPSA) is 29.1 Å². The summed E-state index contributed by atoms with van der Waals surface area (Å²) in [7, 11) is 0. The fraction of sp³-hybridized carbons (Fsp3) is 0.583. The van der Waals surface area contributed by atoms with Crippen LogP contribution in [0.3, 0.4) is 0 Å². The molecule has 0 bridgehead atoms. The van der Waals surface area contributed by atoms with Crippen LogP contribution in [-0.4, -0.2) is 17.3 Å². The Bertz CT molecular complexity index is 335. The van der Waals surface area contributed by atoms with Gasteiger partial charge < -0.3 is 5.32 Å². The first-order chi connectivity index (χ1) is 7.47. The molecule has 2 nitrogen and oxygen atoms in total. The standard InChI is InChI=1S/C12H18BrNOS/c1-4-9(13)11(15)14-8-12(2,3)10-6-5-7-16-10/h5-7,9H,4,8H2,1-3H3,(H,14,15). The van der Waals surface area contributed by atoms with Crippen LogP contribution in [0.2, 0.25) is 0 Å². The molecule has 1 atom stereocenters. The van der Waals surface area contributed by atoms with Crippen LogP contribution in [0.25, 0.3) is 0 Å². The summed E-state index contributed by atoms with van der Waals surface area (Å²) in [5.41, 5.74) is 0.00425. The van der Waals surface area contributed by atoms with Crippen LogP contribution < -0.4 is 5.32 Å². The highest BCUT2D eigenvalue weighted by molar-refractivity contribution is 9.10. The summed E-state index contributed by atoms with van der Waals surface area (Å²) < 4.78 is 0. The average molecular weight is 304 g/mol. The van der Waals surface area contributed by atoms with E-state index in [2.05, 4.69) is 46.5 Å². The Labute approximate surface area is 110 Å². The molecule has 0 spiro atoms. The molecule has 0 radical (unpaired) electrons. The molecule has 0 aliphatic carbocycles. The second kappa shape index (κ2) is 5.82. The molecule has 1 N–H and O–H groups in total. The fourth-order valence-corrected chi connectivity index (χ4v) is 2.37. The lowest BCUT2D eigenvalue weighted by Crippen LogP contribution is -2.39. The molecule has 0 aliphatic rings. The summed E-state index contributed by atoms with van der Waals surface area (Å²) in [5, 5.41) is 5.05. The Morgan fingerprint density at radius 2 is 2.31 bits per heavy atom. The zero-order valence-electron chi connectivity index (χ0n) is 9.92. The van der Waals surface area contributed by atoms with E-state index in [1.807, 2.05) is 13.0 Å². The van der Waals surface area contributed by atoms with Crippen LogP contribution >= 0.6 is 27.3 Å². The van der Waals surface area contributed by atoms with Gasteiger partial charge in [-0.2, -0.15) is 0 Å². The summed E-state index contributed by atoms with van der Waals surface area (Å²) in [5.74, 6) is 0.0760. The maximum atomic E-state index is 11.6. The molecule has 1 aromatic heterocycles. The SMILES string of the molecule is CCC(Br)C(=O)NCC(C)(C)c1cccs1. The normalized spacial score (nSPS) is 13.5.